The molecule has 0 N–H and O–H groups in total. The summed E-state index contributed by atoms with van der Waals surface area (Å²) in [7, 11) is 0. The van der Waals surface area contributed by atoms with E-state index < -0.39 is 6.17 Å². The van der Waals surface area contributed by atoms with Crippen molar-refractivity contribution in [2.75, 3.05) is 18.0 Å². The highest BCUT2D eigenvalue weighted by Crippen LogP contribution is 2.29. The molecule has 1 unspecified atom stereocenters. The Kier molecular flexibility index (Phi) is 2.54. The molecule has 70 valence electrons. The third-order valence-corrected chi connectivity index (χ3v) is 2.99. The summed E-state index contributed by atoms with van der Waals surface area (Å²) in [5, 5.41) is 0. The molecule has 1 heterocycles. The molecule has 3 heteroatoms. The summed E-state index contributed by atoms with van der Waals surface area (Å²) in [4.78, 5) is 2.08. The van der Waals surface area contributed by atoms with E-state index in [1.807, 2.05) is 24.3 Å². The Morgan fingerprint density at radius 1 is 1.38 bits per heavy atom. The number of nitrogens with zero attached hydrogens (tertiary/aromatic N) is 1. The Morgan fingerprint density at radius 2 is 2.15 bits per heavy atom. The summed E-state index contributed by atoms with van der Waals surface area (Å²) in [5.41, 5.74) is 1.10. The Bertz CT molecular complexity index is 303. The minimum atomic E-state index is -0.660. The number of anilines is 1. The summed E-state index contributed by atoms with van der Waals surface area (Å²) in [6, 6.07) is 7.95. The van der Waals surface area contributed by atoms with Crippen LogP contribution in [0.5, 0.6) is 0 Å². The first-order valence-electron chi connectivity index (χ1n) is 4.41. The maximum absolute atomic E-state index is 12.9. The van der Waals surface area contributed by atoms with Crippen molar-refractivity contribution < 1.29 is 4.39 Å². The summed E-state index contributed by atoms with van der Waals surface area (Å²) in [6.07, 6.45) is -0.00599. The third kappa shape index (κ3) is 1.85. The van der Waals surface area contributed by atoms with Crippen LogP contribution in [0, 0.1) is 0 Å². The van der Waals surface area contributed by atoms with Gasteiger partial charge in [-0.3, -0.25) is 0 Å². The molecule has 0 amide bonds. The van der Waals surface area contributed by atoms with Crippen LogP contribution in [0.3, 0.4) is 0 Å². The lowest BCUT2D eigenvalue weighted by Crippen LogP contribution is -2.20. The quantitative estimate of drug-likeness (QED) is 0.734. The molecule has 0 saturated carbocycles. The first-order valence-corrected chi connectivity index (χ1v) is 5.20. The summed E-state index contributed by atoms with van der Waals surface area (Å²) in [5.74, 6) is 0. The number of halogens is 2. The molecule has 0 aromatic heterocycles. The molecule has 0 bridgehead atoms. The standard InChI is InChI=1S/C10H11BrFN/c11-9-3-1-2-4-10(9)13-6-5-8(12)7-13/h1-4,8H,5-7H2. The van der Waals surface area contributed by atoms with Crippen molar-refractivity contribution >= 4 is 21.6 Å². The monoisotopic (exact) mass is 243 g/mol. The van der Waals surface area contributed by atoms with Crippen LogP contribution in [0.4, 0.5) is 10.1 Å². The van der Waals surface area contributed by atoms with Gasteiger partial charge in [-0.2, -0.15) is 0 Å². The predicted octanol–water partition coefficient (Wildman–Crippen LogP) is 3.00. The van der Waals surface area contributed by atoms with Crippen LogP contribution >= 0.6 is 15.9 Å². The van der Waals surface area contributed by atoms with Gasteiger partial charge in [0.25, 0.3) is 0 Å². The van der Waals surface area contributed by atoms with Crippen molar-refractivity contribution in [3.05, 3.63) is 28.7 Å². The predicted molar refractivity (Wildman–Crippen MR) is 55.9 cm³/mol. The van der Waals surface area contributed by atoms with Crippen molar-refractivity contribution in [2.24, 2.45) is 0 Å². The average Bonchev–Trinajstić information content (AvgIpc) is 2.53. The highest BCUT2D eigenvalue weighted by atomic mass is 79.9. The minimum Gasteiger partial charge on any atom is -0.368 e. The van der Waals surface area contributed by atoms with E-state index in [4.69, 9.17) is 0 Å². The molecule has 1 fully saturated rings. The molecule has 1 aromatic rings. The molecular weight excluding hydrogens is 233 g/mol. The average molecular weight is 244 g/mol. The van der Waals surface area contributed by atoms with Crippen molar-refractivity contribution in [2.45, 2.75) is 12.6 Å². The lowest BCUT2D eigenvalue weighted by atomic mass is 10.3. The number of rotatable bonds is 1. The first kappa shape index (κ1) is 9.00. The molecule has 1 nitrogen and oxygen atoms in total. The van der Waals surface area contributed by atoms with E-state index in [1.165, 1.54) is 0 Å². The van der Waals surface area contributed by atoms with Gasteiger partial charge in [-0.05, 0) is 34.5 Å². The van der Waals surface area contributed by atoms with Crippen molar-refractivity contribution in [1.82, 2.24) is 0 Å². The second kappa shape index (κ2) is 3.66. The maximum Gasteiger partial charge on any atom is 0.119 e. The van der Waals surface area contributed by atoms with Crippen molar-refractivity contribution in [3.8, 4) is 0 Å². The van der Waals surface area contributed by atoms with Gasteiger partial charge in [0.2, 0.25) is 0 Å². The zero-order valence-corrected chi connectivity index (χ0v) is 8.80. The fourth-order valence-electron chi connectivity index (χ4n) is 1.64. The molecule has 2 rings (SSSR count). The molecule has 1 saturated heterocycles. The van der Waals surface area contributed by atoms with Crippen LogP contribution < -0.4 is 4.90 Å². The molecule has 13 heavy (non-hydrogen) atoms. The molecule has 1 aliphatic rings. The molecule has 0 spiro atoms. The Labute approximate surface area is 85.7 Å². The van der Waals surface area contributed by atoms with Gasteiger partial charge in [-0.25, -0.2) is 4.39 Å². The fourth-order valence-corrected chi connectivity index (χ4v) is 2.18. The highest BCUT2D eigenvalue weighted by molar-refractivity contribution is 9.10. The molecule has 0 radical (unpaired) electrons. The van der Waals surface area contributed by atoms with Crippen molar-refractivity contribution in [1.29, 1.82) is 0 Å². The normalized spacial score (nSPS) is 22.3. The number of para-hydroxylation sites is 1. The van der Waals surface area contributed by atoms with Gasteiger partial charge in [0.05, 0.1) is 5.69 Å². The van der Waals surface area contributed by atoms with Gasteiger partial charge in [-0.1, -0.05) is 12.1 Å². The van der Waals surface area contributed by atoms with E-state index in [-0.39, 0.29) is 0 Å². The number of hydrogen-bond donors (Lipinski definition) is 0. The third-order valence-electron chi connectivity index (χ3n) is 2.32. The Morgan fingerprint density at radius 3 is 2.77 bits per heavy atom. The molecule has 1 aliphatic heterocycles. The van der Waals surface area contributed by atoms with Crippen LogP contribution in [-0.2, 0) is 0 Å². The molecule has 1 atom stereocenters. The van der Waals surface area contributed by atoms with Crippen LogP contribution in [0.1, 0.15) is 6.42 Å². The van der Waals surface area contributed by atoms with Crippen LogP contribution in [0.25, 0.3) is 0 Å². The lowest BCUT2D eigenvalue weighted by Gasteiger charge is -2.18. The van der Waals surface area contributed by atoms with Gasteiger partial charge in [0.15, 0.2) is 0 Å². The van der Waals surface area contributed by atoms with E-state index in [0.29, 0.717) is 13.0 Å². The van der Waals surface area contributed by atoms with Gasteiger partial charge >= 0.3 is 0 Å². The van der Waals surface area contributed by atoms with E-state index >= 15 is 0 Å². The Balaban J connectivity index is 2.21. The zero-order valence-electron chi connectivity index (χ0n) is 7.21. The summed E-state index contributed by atoms with van der Waals surface area (Å²) < 4.78 is 14.0. The van der Waals surface area contributed by atoms with Gasteiger partial charge in [-0.15, -0.1) is 0 Å². The van der Waals surface area contributed by atoms with Gasteiger partial charge in [0, 0.05) is 17.6 Å². The van der Waals surface area contributed by atoms with Crippen LogP contribution in [0.2, 0.25) is 0 Å². The highest BCUT2D eigenvalue weighted by Gasteiger charge is 2.22. The molecule has 1 aromatic carbocycles. The maximum atomic E-state index is 12.9. The SMILES string of the molecule is FC1CCN(c2ccccc2Br)C1. The lowest BCUT2D eigenvalue weighted by molar-refractivity contribution is 0.364. The smallest absolute Gasteiger partial charge is 0.119 e. The van der Waals surface area contributed by atoms with E-state index in [1.54, 1.807) is 0 Å². The Hall–Kier alpha value is -0.570. The van der Waals surface area contributed by atoms with E-state index in [9.17, 15) is 4.39 Å². The topological polar surface area (TPSA) is 3.24 Å². The number of alkyl halides is 1. The van der Waals surface area contributed by atoms with Crippen molar-refractivity contribution in [3.63, 3.8) is 0 Å². The second-order valence-electron chi connectivity index (χ2n) is 3.28. The van der Waals surface area contributed by atoms with Crippen LogP contribution in [0.15, 0.2) is 28.7 Å². The largest absolute Gasteiger partial charge is 0.368 e. The van der Waals surface area contributed by atoms with Gasteiger partial charge < -0.3 is 4.90 Å². The summed E-state index contributed by atoms with van der Waals surface area (Å²) >= 11 is 3.46. The minimum absolute atomic E-state index is 0.530. The van der Waals surface area contributed by atoms with E-state index in [2.05, 4.69) is 20.8 Å². The molecule has 0 aliphatic carbocycles. The van der Waals surface area contributed by atoms with Crippen LogP contribution in [-0.4, -0.2) is 19.3 Å². The number of benzene rings is 1. The van der Waals surface area contributed by atoms with Gasteiger partial charge in [0.1, 0.15) is 6.17 Å². The number of hydrogen-bond acceptors (Lipinski definition) is 1. The molecular formula is C10H11BrFN. The fraction of sp³-hybridized carbons (Fsp3) is 0.400. The zero-order chi connectivity index (χ0) is 9.26. The second-order valence-corrected chi connectivity index (χ2v) is 4.14. The summed E-state index contributed by atoms with van der Waals surface area (Å²) in [6.45, 7) is 1.35. The first-order chi connectivity index (χ1) is 6.27. The van der Waals surface area contributed by atoms with E-state index in [0.717, 1.165) is 16.7 Å².